The Balaban J connectivity index is 4.02. The number of carbonyl (C=O) groups is 2. The number of halogens is 2. The molecule has 0 aromatic heterocycles. The highest BCUT2D eigenvalue weighted by Gasteiger charge is 2.22. The van der Waals surface area contributed by atoms with Crippen molar-refractivity contribution in [3.63, 3.8) is 0 Å². The molecule has 0 rings (SSSR count). The third kappa shape index (κ3) is 6.10. The lowest BCUT2D eigenvalue weighted by molar-refractivity contribution is -0.148. The number of ether oxygens (including phenoxy) is 3. The summed E-state index contributed by atoms with van der Waals surface area (Å²) >= 11 is 11.2. The molecule has 0 amide bonds. The number of hydrogen-bond acceptors (Lipinski definition) is 5. The van der Waals surface area contributed by atoms with Gasteiger partial charge in [0.05, 0.1) is 39.3 Å². The van der Waals surface area contributed by atoms with E-state index in [1.54, 1.807) is 0 Å². The van der Waals surface area contributed by atoms with E-state index in [0.29, 0.717) is 0 Å². The van der Waals surface area contributed by atoms with Gasteiger partial charge in [-0.05, 0) is 0 Å². The van der Waals surface area contributed by atoms with E-state index in [-0.39, 0.29) is 25.0 Å². The van der Waals surface area contributed by atoms with Gasteiger partial charge in [0, 0.05) is 11.8 Å². The maximum atomic E-state index is 11.2. The molecule has 2 unspecified atom stereocenters. The molecule has 0 aliphatic rings. The second kappa shape index (κ2) is 9.50. The van der Waals surface area contributed by atoms with Crippen molar-refractivity contribution in [2.45, 2.75) is 0 Å². The van der Waals surface area contributed by atoms with Gasteiger partial charge in [-0.3, -0.25) is 9.59 Å². The van der Waals surface area contributed by atoms with Gasteiger partial charge in [0.2, 0.25) is 0 Å². The molecule has 0 heterocycles. The highest BCUT2D eigenvalue weighted by atomic mass is 35.5. The average molecular weight is 287 g/mol. The van der Waals surface area contributed by atoms with Gasteiger partial charge in [0.25, 0.3) is 0 Å². The molecule has 100 valence electrons. The van der Waals surface area contributed by atoms with Crippen molar-refractivity contribution in [1.29, 1.82) is 0 Å². The molecular weight excluding hydrogens is 271 g/mol. The standard InChI is InChI=1S/C10H16Cl2O5/c1-15-9(13)7(3-11)5-17-6-8(4-12)10(14)16-2/h7-8H,3-6H2,1-2H3. The predicted molar refractivity (Wildman–Crippen MR) is 63.3 cm³/mol. The van der Waals surface area contributed by atoms with Crippen molar-refractivity contribution >= 4 is 35.1 Å². The Labute approximate surface area is 110 Å². The summed E-state index contributed by atoms with van der Waals surface area (Å²) in [7, 11) is 2.55. The molecule has 0 fully saturated rings. The first kappa shape index (κ1) is 16.5. The van der Waals surface area contributed by atoms with Crippen LogP contribution in [0.2, 0.25) is 0 Å². The Morgan fingerprint density at radius 2 is 1.29 bits per heavy atom. The summed E-state index contributed by atoms with van der Waals surface area (Å²) in [5.74, 6) is -1.79. The number of alkyl halides is 2. The minimum atomic E-state index is -0.546. The van der Waals surface area contributed by atoms with E-state index in [4.69, 9.17) is 27.9 Å². The highest BCUT2D eigenvalue weighted by molar-refractivity contribution is 6.19. The molecule has 0 saturated carbocycles. The van der Waals surface area contributed by atoms with Crippen molar-refractivity contribution in [2.75, 3.05) is 39.2 Å². The van der Waals surface area contributed by atoms with Crippen LogP contribution in [0.3, 0.4) is 0 Å². The van der Waals surface area contributed by atoms with Crippen molar-refractivity contribution < 1.29 is 23.8 Å². The van der Waals surface area contributed by atoms with Crippen LogP contribution in [0.15, 0.2) is 0 Å². The zero-order chi connectivity index (χ0) is 13.3. The Hall–Kier alpha value is -0.520. The van der Waals surface area contributed by atoms with Gasteiger partial charge < -0.3 is 14.2 Å². The van der Waals surface area contributed by atoms with Crippen LogP contribution in [0.4, 0.5) is 0 Å². The molecular formula is C10H16Cl2O5. The molecule has 0 aromatic carbocycles. The summed E-state index contributed by atoms with van der Waals surface area (Å²) in [6.07, 6.45) is 0. The fraction of sp³-hybridized carbons (Fsp3) is 0.800. The predicted octanol–water partition coefficient (Wildman–Crippen LogP) is 1.06. The third-order valence-electron chi connectivity index (χ3n) is 2.08. The Morgan fingerprint density at radius 3 is 1.53 bits per heavy atom. The molecule has 0 radical (unpaired) electrons. The number of methoxy groups -OCH3 is 2. The Bertz CT molecular complexity index is 223. The second-order valence-electron chi connectivity index (χ2n) is 3.29. The molecule has 0 aliphatic heterocycles. The summed E-state index contributed by atoms with van der Waals surface area (Å²) in [5, 5.41) is 0. The maximum absolute atomic E-state index is 11.2. The second-order valence-corrected chi connectivity index (χ2v) is 3.90. The van der Waals surface area contributed by atoms with Gasteiger partial charge in [0.1, 0.15) is 0 Å². The topological polar surface area (TPSA) is 61.8 Å². The molecule has 5 nitrogen and oxygen atoms in total. The molecule has 2 atom stereocenters. The van der Waals surface area contributed by atoms with Gasteiger partial charge in [0.15, 0.2) is 0 Å². The smallest absolute Gasteiger partial charge is 0.312 e. The van der Waals surface area contributed by atoms with E-state index >= 15 is 0 Å². The van der Waals surface area contributed by atoms with Gasteiger partial charge in [-0.1, -0.05) is 0 Å². The lowest BCUT2D eigenvalue weighted by Gasteiger charge is -2.15. The van der Waals surface area contributed by atoms with Crippen molar-refractivity contribution in [1.82, 2.24) is 0 Å². The molecule has 0 aromatic rings. The lowest BCUT2D eigenvalue weighted by Crippen LogP contribution is -2.28. The van der Waals surface area contributed by atoms with E-state index in [2.05, 4.69) is 9.47 Å². The molecule has 0 N–H and O–H groups in total. The van der Waals surface area contributed by atoms with E-state index < -0.39 is 23.8 Å². The monoisotopic (exact) mass is 286 g/mol. The summed E-state index contributed by atoms with van der Waals surface area (Å²) in [5.41, 5.74) is 0. The number of hydrogen-bond donors (Lipinski definition) is 0. The molecule has 0 bridgehead atoms. The van der Waals surface area contributed by atoms with Crippen LogP contribution in [0.1, 0.15) is 0 Å². The van der Waals surface area contributed by atoms with Crippen LogP contribution in [-0.2, 0) is 23.8 Å². The average Bonchev–Trinajstić information content (AvgIpc) is 2.37. The number of rotatable bonds is 8. The van der Waals surface area contributed by atoms with Crippen molar-refractivity contribution in [3.05, 3.63) is 0 Å². The van der Waals surface area contributed by atoms with Gasteiger partial charge in [-0.15, -0.1) is 23.2 Å². The fourth-order valence-corrected chi connectivity index (χ4v) is 1.47. The lowest BCUT2D eigenvalue weighted by atomic mass is 10.2. The largest absolute Gasteiger partial charge is 0.469 e. The molecule has 0 aliphatic carbocycles. The zero-order valence-electron chi connectivity index (χ0n) is 9.78. The van der Waals surface area contributed by atoms with E-state index in [9.17, 15) is 9.59 Å². The quantitative estimate of drug-likeness (QED) is 0.493. The first-order valence-corrected chi connectivity index (χ1v) is 6.02. The van der Waals surface area contributed by atoms with Crippen LogP contribution < -0.4 is 0 Å². The Morgan fingerprint density at radius 1 is 0.941 bits per heavy atom. The van der Waals surface area contributed by atoms with E-state index in [1.165, 1.54) is 14.2 Å². The van der Waals surface area contributed by atoms with Crippen LogP contribution in [-0.4, -0.2) is 51.1 Å². The first-order valence-electron chi connectivity index (χ1n) is 4.96. The first-order chi connectivity index (χ1) is 8.10. The van der Waals surface area contributed by atoms with Crippen LogP contribution in [0, 0.1) is 11.8 Å². The minimum Gasteiger partial charge on any atom is -0.469 e. The zero-order valence-corrected chi connectivity index (χ0v) is 11.3. The van der Waals surface area contributed by atoms with Crippen LogP contribution >= 0.6 is 23.2 Å². The molecule has 7 heteroatoms. The molecule has 0 saturated heterocycles. The number of esters is 2. The van der Waals surface area contributed by atoms with Crippen LogP contribution in [0.25, 0.3) is 0 Å². The summed E-state index contributed by atoms with van der Waals surface area (Å²) < 4.78 is 14.3. The SMILES string of the molecule is COC(=O)C(CCl)COCC(CCl)C(=O)OC. The Kier molecular flexibility index (Phi) is 9.21. The highest BCUT2D eigenvalue weighted by Crippen LogP contribution is 2.07. The van der Waals surface area contributed by atoms with Gasteiger partial charge in [-0.25, -0.2) is 0 Å². The number of carbonyl (C=O) groups excluding carboxylic acids is 2. The van der Waals surface area contributed by atoms with E-state index in [0.717, 1.165) is 0 Å². The van der Waals surface area contributed by atoms with Gasteiger partial charge in [-0.2, -0.15) is 0 Å². The van der Waals surface area contributed by atoms with Crippen molar-refractivity contribution in [3.8, 4) is 0 Å². The third-order valence-corrected chi connectivity index (χ3v) is 2.82. The molecule has 17 heavy (non-hydrogen) atoms. The summed E-state index contributed by atoms with van der Waals surface area (Å²) in [6, 6.07) is 0. The van der Waals surface area contributed by atoms with Gasteiger partial charge >= 0.3 is 11.9 Å². The normalized spacial score (nSPS) is 13.9. The van der Waals surface area contributed by atoms with Crippen molar-refractivity contribution in [2.24, 2.45) is 11.8 Å². The molecule has 0 spiro atoms. The summed E-state index contributed by atoms with van der Waals surface area (Å²) in [4.78, 5) is 22.3. The van der Waals surface area contributed by atoms with E-state index in [1.807, 2.05) is 0 Å². The van der Waals surface area contributed by atoms with Crippen LogP contribution in [0.5, 0.6) is 0 Å². The summed E-state index contributed by atoms with van der Waals surface area (Å²) in [6.45, 7) is 0.168. The maximum Gasteiger partial charge on any atom is 0.312 e. The fourth-order valence-electron chi connectivity index (χ4n) is 1.04. The minimum absolute atomic E-state index is 0.0839.